The van der Waals surface area contributed by atoms with Crippen LogP contribution in [0.25, 0.3) is 0 Å². The zero-order valence-electron chi connectivity index (χ0n) is 9.91. The molecule has 2 rings (SSSR count). The summed E-state index contributed by atoms with van der Waals surface area (Å²) in [6.45, 7) is 6.27. The summed E-state index contributed by atoms with van der Waals surface area (Å²) in [6.07, 6.45) is 1.13. The Hall–Kier alpha value is -0.730. The van der Waals surface area contributed by atoms with E-state index in [1.165, 1.54) is 0 Å². The van der Waals surface area contributed by atoms with E-state index in [1.807, 2.05) is 18.2 Å². The number of nitrogens with zero attached hydrogens (tertiary/aromatic N) is 1. The molecule has 88 valence electrons. The summed E-state index contributed by atoms with van der Waals surface area (Å²) in [7, 11) is 0. The van der Waals surface area contributed by atoms with E-state index in [9.17, 15) is 0 Å². The zero-order chi connectivity index (χ0) is 11.8. The first-order valence-electron chi connectivity index (χ1n) is 5.77. The molecular formula is C13H19ClN2. The van der Waals surface area contributed by atoms with Crippen molar-refractivity contribution in [3.05, 3.63) is 29.3 Å². The molecule has 1 unspecified atom stereocenters. The lowest BCUT2D eigenvalue weighted by atomic mass is 9.96. The van der Waals surface area contributed by atoms with Gasteiger partial charge in [-0.15, -0.1) is 0 Å². The van der Waals surface area contributed by atoms with Gasteiger partial charge in [0.25, 0.3) is 0 Å². The van der Waals surface area contributed by atoms with Crippen LogP contribution in [-0.2, 0) is 0 Å². The molecule has 1 aliphatic rings. The van der Waals surface area contributed by atoms with Gasteiger partial charge in [0.05, 0.1) is 10.7 Å². The Kier molecular flexibility index (Phi) is 3.13. The maximum atomic E-state index is 6.25. The standard InChI is InChI=1S/C13H19ClN2/c1-13(2)7-10(8-15)9-16(13)12-6-4-3-5-11(12)14/h3-6,10H,7-9,15H2,1-2H3. The van der Waals surface area contributed by atoms with E-state index in [2.05, 4.69) is 24.8 Å². The molecule has 1 saturated heterocycles. The molecule has 1 atom stereocenters. The molecule has 0 bridgehead atoms. The number of halogens is 1. The molecule has 0 aliphatic carbocycles. The highest BCUT2D eigenvalue weighted by Gasteiger charge is 2.38. The quantitative estimate of drug-likeness (QED) is 0.859. The fourth-order valence-electron chi connectivity index (χ4n) is 2.64. The van der Waals surface area contributed by atoms with Gasteiger partial charge in [-0.25, -0.2) is 0 Å². The summed E-state index contributed by atoms with van der Waals surface area (Å²) in [6, 6.07) is 8.04. The highest BCUT2D eigenvalue weighted by atomic mass is 35.5. The molecule has 1 aromatic carbocycles. The molecule has 0 saturated carbocycles. The third-order valence-electron chi connectivity index (χ3n) is 3.44. The number of anilines is 1. The number of nitrogens with two attached hydrogens (primary N) is 1. The summed E-state index contributed by atoms with van der Waals surface area (Å²) < 4.78 is 0. The normalized spacial score (nSPS) is 23.8. The average molecular weight is 239 g/mol. The highest BCUT2D eigenvalue weighted by Crippen LogP contribution is 2.39. The lowest BCUT2D eigenvalue weighted by Gasteiger charge is -2.34. The Bertz CT molecular complexity index is 376. The third kappa shape index (κ3) is 2.04. The molecule has 2 nitrogen and oxygen atoms in total. The molecule has 2 N–H and O–H groups in total. The van der Waals surface area contributed by atoms with Gasteiger partial charge in [-0.2, -0.15) is 0 Å². The fraction of sp³-hybridized carbons (Fsp3) is 0.538. The van der Waals surface area contributed by atoms with Gasteiger partial charge >= 0.3 is 0 Å². The second-order valence-electron chi connectivity index (χ2n) is 5.18. The van der Waals surface area contributed by atoms with E-state index >= 15 is 0 Å². The van der Waals surface area contributed by atoms with Crippen molar-refractivity contribution < 1.29 is 0 Å². The third-order valence-corrected chi connectivity index (χ3v) is 3.76. The monoisotopic (exact) mass is 238 g/mol. The molecule has 0 aromatic heterocycles. The topological polar surface area (TPSA) is 29.3 Å². The van der Waals surface area contributed by atoms with Gasteiger partial charge < -0.3 is 10.6 Å². The summed E-state index contributed by atoms with van der Waals surface area (Å²) in [4.78, 5) is 2.38. The number of hydrogen-bond acceptors (Lipinski definition) is 2. The van der Waals surface area contributed by atoms with Crippen LogP contribution >= 0.6 is 11.6 Å². The molecular weight excluding hydrogens is 220 g/mol. The number of para-hydroxylation sites is 1. The molecule has 1 fully saturated rings. The smallest absolute Gasteiger partial charge is 0.0639 e. The van der Waals surface area contributed by atoms with Crippen LogP contribution in [-0.4, -0.2) is 18.6 Å². The van der Waals surface area contributed by atoms with E-state index in [1.54, 1.807) is 0 Å². The van der Waals surface area contributed by atoms with Crippen molar-refractivity contribution in [2.24, 2.45) is 11.7 Å². The van der Waals surface area contributed by atoms with Crippen LogP contribution in [0.15, 0.2) is 24.3 Å². The number of benzene rings is 1. The van der Waals surface area contributed by atoms with Crippen LogP contribution in [0, 0.1) is 5.92 Å². The van der Waals surface area contributed by atoms with Crippen LogP contribution in [0.4, 0.5) is 5.69 Å². The van der Waals surface area contributed by atoms with Crippen molar-refractivity contribution >= 4 is 17.3 Å². The molecule has 16 heavy (non-hydrogen) atoms. The van der Waals surface area contributed by atoms with Crippen molar-refractivity contribution in [2.45, 2.75) is 25.8 Å². The van der Waals surface area contributed by atoms with Gasteiger partial charge in [0.2, 0.25) is 0 Å². The number of hydrogen-bond donors (Lipinski definition) is 1. The van der Waals surface area contributed by atoms with E-state index in [0.717, 1.165) is 30.2 Å². The Morgan fingerprint density at radius 2 is 2.12 bits per heavy atom. The van der Waals surface area contributed by atoms with Crippen LogP contribution in [0.3, 0.4) is 0 Å². The lowest BCUT2D eigenvalue weighted by Crippen LogP contribution is -2.38. The van der Waals surface area contributed by atoms with E-state index in [-0.39, 0.29) is 5.54 Å². The van der Waals surface area contributed by atoms with Crippen molar-refractivity contribution in [1.82, 2.24) is 0 Å². The predicted molar refractivity (Wildman–Crippen MR) is 70.0 cm³/mol. The van der Waals surface area contributed by atoms with Gasteiger partial charge in [-0.05, 0) is 44.9 Å². The van der Waals surface area contributed by atoms with E-state index in [4.69, 9.17) is 17.3 Å². The second kappa shape index (κ2) is 4.27. The van der Waals surface area contributed by atoms with Gasteiger partial charge in [0, 0.05) is 12.1 Å². The zero-order valence-corrected chi connectivity index (χ0v) is 10.7. The molecule has 0 spiro atoms. The Morgan fingerprint density at radius 1 is 1.44 bits per heavy atom. The van der Waals surface area contributed by atoms with Crippen molar-refractivity contribution in [3.63, 3.8) is 0 Å². The second-order valence-corrected chi connectivity index (χ2v) is 5.59. The van der Waals surface area contributed by atoms with Gasteiger partial charge in [-0.3, -0.25) is 0 Å². The van der Waals surface area contributed by atoms with Crippen molar-refractivity contribution in [2.75, 3.05) is 18.0 Å². The average Bonchev–Trinajstić information content (AvgIpc) is 2.54. The lowest BCUT2D eigenvalue weighted by molar-refractivity contribution is 0.476. The number of rotatable bonds is 2. The maximum Gasteiger partial charge on any atom is 0.0639 e. The van der Waals surface area contributed by atoms with Crippen LogP contribution in [0.5, 0.6) is 0 Å². The molecule has 0 radical (unpaired) electrons. The largest absolute Gasteiger partial charge is 0.365 e. The predicted octanol–water partition coefficient (Wildman–Crippen LogP) is 2.90. The first-order valence-corrected chi connectivity index (χ1v) is 6.14. The van der Waals surface area contributed by atoms with Crippen LogP contribution < -0.4 is 10.6 Å². The van der Waals surface area contributed by atoms with Crippen LogP contribution in [0.2, 0.25) is 5.02 Å². The summed E-state index contributed by atoms with van der Waals surface area (Å²) in [5.41, 5.74) is 7.05. The van der Waals surface area contributed by atoms with Crippen molar-refractivity contribution in [3.8, 4) is 0 Å². The molecule has 1 aromatic rings. The molecule has 1 aliphatic heterocycles. The highest BCUT2D eigenvalue weighted by molar-refractivity contribution is 6.33. The maximum absolute atomic E-state index is 6.25. The summed E-state index contributed by atoms with van der Waals surface area (Å²) in [5.74, 6) is 0.575. The summed E-state index contributed by atoms with van der Waals surface area (Å²) >= 11 is 6.25. The van der Waals surface area contributed by atoms with E-state index < -0.39 is 0 Å². The Labute approximate surface area is 102 Å². The fourth-order valence-corrected chi connectivity index (χ4v) is 2.88. The Balaban J connectivity index is 2.31. The first-order chi connectivity index (χ1) is 7.54. The van der Waals surface area contributed by atoms with Gasteiger partial charge in [-0.1, -0.05) is 23.7 Å². The molecule has 1 heterocycles. The van der Waals surface area contributed by atoms with Gasteiger partial charge in [0.15, 0.2) is 0 Å². The van der Waals surface area contributed by atoms with Gasteiger partial charge in [0.1, 0.15) is 0 Å². The SMILES string of the molecule is CC1(C)CC(CN)CN1c1ccccc1Cl. The molecule has 0 amide bonds. The van der Waals surface area contributed by atoms with Crippen molar-refractivity contribution in [1.29, 1.82) is 0 Å². The van der Waals surface area contributed by atoms with E-state index in [0.29, 0.717) is 5.92 Å². The first kappa shape index (κ1) is 11.7. The van der Waals surface area contributed by atoms with Crippen LogP contribution in [0.1, 0.15) is 20.3 Å². The minimum absolute atomic E-state index is 0.148. The molecule has 3 heteroatoms. The minimum Gasteiger partial charge on any atom is -0.365 e. The summed E-state index contributed by atoms with van der Waals surface area (Å²) in [5, 5.41) is 0.827. The Morgan fingerprint density at radius 3 is 2.69 bits per heavy atom. The minimum atomic E-state index is 0.148.